The average Bonchev–Trinajstić information content (AvgIpc) is 2.99. The molecule has 4 saturated carbocycles. The van der Waals surface area contributed by atoms with Crippen LogP contribution in [-0.2, 0) is 4.79 Å². The van der Waals surface area contributed by atoms with Crippen molar-refractivity contribution in [2.75, 3.05) is 0 Å². The molecule has 9 atom stereocenters. The minimum atomic E-state index is -0.686. The second-order valence-electron chi connectivity index (χ2n) is 11.1. The van der Waals surface area contributed by atoms with Crippen LogP contribution in [-0.4, -0.2) is 22.3 Å². The molecule has 3 nitrogen and oxygen atoms in total. The van der Waals surface area contributed by atoms with E-state index in [4.69, 9.17) is 5.11 Å². The molecule has 4 aliphatic carbocycles. The molecule has 0 saturated heterocycles. The van der Waals surface area contributed by atoms with E-state index in [1.54, 1.807) is 0 Å². The molecule has 0 radical (unpaired) electrons. The van der Waals surface area contributed by atoms with Gasteiger partial charge in [0.1, 0.15) is 0 Å². The van der Waals surface area contributed by atoms with E-state index in [2.05, 4.69) is 20.8 Å². The summed E-state index contributed by atoms with van der Waals surface area (Å²) in [4.78, 5) is 11.1. The quantitative estimate of drug-likeness (QED) is 0.680. The zero-order valence-corrected chi connectivity index (χ0v) is 17.6. The highest BCUT2D eigenvalue weighted by Crippen LogP contribution is 2.68. The fourth-order valence-electron chi connectivity index (χ4n) is 8.77. The highest BCUT2D eigenvalue weighted by molar-refractivity contribution is 5.66. The third kappa shape index (κ3) is 2.98. The van der Waals surface area contributed by atoms with Crippen LogP contribution >= 0.6 is 0 Å². The molecule has 0 unspecified atom stereocenters. The van der Waals surface area contributed by atoms with Crippen molar-refractivity contribution in [3.63, 3.8) is 0 Å². The molecular formula is C24H40O3. The highest BCUT2D eigenvalue weighted by Gasteiger charge is 2.63. The van der Waals surface area contributed by atoms with Gasteiger partial charge in [-0.2, -0.15) is 0 Å². The first-order valence-electron chi connectivity index (χ1n) is 11.7. The Bertz CT molecular complexity index is 574. The van der Waals surface area contributed by atoms with Gasteiger partial charge in [-0.05, 0) is 97.7 Å². The van der Waals surface area contributed by atoms with Gasteiger partial charge >= 0.3 is 5.97 Å². The van der Waals surface area contributed by atoms with E-state index in [1.807, 2.05) is 0 Å². The Labute approximate surface area is 165 Å². The molecule has 0 aromatic carbocycles. The molecule has 154 valence electrons. The predicted molar refractivity (Wildman–Crippen MR) is 107 cm³/mol. The number of hydrogen-bond acceptors (Lipinski definition) is 2. The van der Waals surface area contributed by atoms with Crippen LogP contribution < -0.4 is 0 Å². The summed E-state index contributed by atoms with van der Waals surface area (Å²) >= 11 is 0. The molecule has 0 aliphatic heterocycles. The van der Waals surface area contributed by atoms with Gasteiger partial charge in [0.25, 0.3) is 0 Å². The maximum absolute atomic E-state index is 11.5. The molecule has 4 aliphatic rings. The number of carboxylic acids is 1. The van der Waals surface area contributed by atoms with Crippen LogP contribution in [0.4, 0.5) is 0 Å². The monoisotopic (exact) mass is 376 g/mol. The van der Waals surface area contributed by atoms with Crippen molar-refractivity contribution in [2.45, 2.75) is 97.5 Å². The van der Waals surface area contributed by atoms with Crippen LogP contribution in [0.15, 0.2) is 0 Å². The SMILES string of the molecule is C[C@H](CCC(=O)O)[C@H]1CC[C@H]2[C@@H]3CC[C@H]4CCCC[C@]4(C)[C@H]3C[C@@H](O)[C@]12C. The van der Waals surface area contributed by atoms with Gasteiger partial charge in [-0.15, -0.1) is 0 Å². The van der Waals surface area contributed by atoms with E-state index in [9.17, 15) is 9.90 Å². The second-order valence-corrected chi connectivity index (χ2v) is 11.1. The molecule has 27 heavy (non-hydrogen) atoms. The summed E-state index contributed by atoms with van der Waals surface area (Å²) in [6.45, 7) is 7.16. The van der Waals surface area contributed by atoms with E-state index in [0.717, 1.165) is 24.7 Å². The minimum Gasteiger partial charge on any atom is -0.481 e. The van der Waals surface area contributed by atoms with Crippen molar-refractivity contribution in [3.8, 4) is 0 Å². The van der Waals surface area contributed by atoms with Gasteiger partial charge in [0.2, 0.25) is 0 Å². The number of aliphatic hydroxyl groups is 1. The molecule has 0 aromatic heterocycles. The van der Waals surface area contributed by atoms with E-state index < -0.39 is 5.97 Å². The van der Waals surface area contributed by atoms with Crippen molar-refractivity contribution < 1.29 is 15.0 Å². The molecule has 2 N–H and O–H groups in total. The largest absolute Gasteiger partial charge is 0.481 e. The van der Waals surface area contributed by atoms with E-state index in [1.165, 1.54) is 51.4 Å². The molecule has 4 rings (SSSR count). The van der Waals surface area contributed by atoms with Crippen molar-refractivity contribution in [1.82, 2.24) is 0 Å². The lowest BCUT2D eigenvalue weighted by Crippen LogP contribution is -2.58. The van der Waals surface area contributed by atoms with Crippen molar-refractivity contribution >= 4 is 5.97 Å². The number of aliphatic hydroxyl groups excluding tert-OH is 1. The molecule has 0 heterocycles. The fourth-order valence-corrected chi connectivity index (χ4v) is 8.77. The molecular weight excluding hydrogens is 336 g/mol. The van der Waals surface area contributed by atoms with Gasteiger partial charge in [0, 0.05) is 6.42 Å². The topological polar surface area (TPSA) is 57.5 Å². The molecule has 0 aromatic rings. The average molecular weight is 377 g/mol. The van der Waals surface area contributed by atoms with Gasteiger partial charge in [0.15, 0.2) is 0 Å². The number of fused-ring (bicyclic) bond motifs is 5. The Morgan fingerprint density at radius 1 is 1.07 bits per heavy atom. The minimum absolute atomic E-state index is 0.00303. The van der Waals surface area contributed by atoms with Gasteiger partial charge in [-0.3, -0.25) is 4.79 Å². The Kier molecular flexibility index (Phi) is 5.15. The standard InChI is InChI=1S/C24H40O3/c1-15(7-12-22(26)27)18-10-11-19-17-9-8-16-6-4-5-13-23(16,2)20(17)14-21(25)24(18,19)3/h15-21,25H,4-14H2,1-3H3,(H,26,27)/t15-,16-,17+,18-,19+,20+,21-,23+,24-/m1/s1. The van der Waals surface area contributed by atoms with E-state index in [-0.39, 0.29) is 17.9 Å². The first kappa shape index (κ1) is 19.7. The first-order chi connectivity index (χ1) is 12.8. The summed E-state index contributed by atoms with van der Waals surface area (Å²) in [5.74, 6) is 3.21. The summed E-state index contributed by atoms with van der Waals surface area (Å²) in [6, 6.07) is 0. The number of aliphatic carboxylic acids is 1. The fraction of sp³-hybridized carbons (Fsp3) is 0.958. The Hall–Kier alpha value is -0.570. The van der Waals surface area contributed by atoms with Crippen LogP contribution in [0.2, 0.25) is 0 Å². The van der Waals surface area contributed by atoms with Gasteiger partial charge in [0.05, 0.1) is 6.10 Å². The zero-order valence-electron chi connectivity index (χ0n) is 17.6. The summed E-state index contributed by atoms with van der Waals surface area (Å²) in [7, 11) is 0. The molecule has 3 heteroatoms. The Morgan fingerprint density at radius 2 is 1.85 bits per heavy atom. The second kappa shape index (κ2) is 7.04. The lowest BCUT2D eigenvalue weighted by Gasteiger charge is -2.62. The normalized spacial score (nSPS) is 50.4. The van der Waals surface area contributed by atoms with Crippen molar-refractivity contribution in [3.05, 3.63) is 0 Å². The van der Waals surface area contributed by atoms with Crippen molar-refractivity contribution in [1.29, 1.82) is 0 Å². The summed E-state index contributed by atoms with van der Waals surface area (Å²) in [5, 5.41) is 20.6. The summed E-state index contributed by atoms with van der Waals surface area (Å²) in [5.41, 5.74) is 0.452. The third-order valence-electron chi connectivity index (χ3n) is 10.3. The van der Waals surface area contributed by atoms with Crippen LogP contribution in [0.25, 0.3) is 0 Å². The maximum atomic E-state index is 11.5. The number of carbonyl (C=O) groups is 1. The van der Waals surface area contributed by atoms with E-state index >= 15 is 0 Å². The van der Waals surface area contributed by atoms with Crippen LogP contribution in [0, 0.1) is 46.3 Å². The van der Waals surface area contributed by atoms with Gasteiger partial charge in [-0.1, -0.05) is 33.6 Å². The smallest absolute Gasteiger partial charge is 0.303 e. The van der Waals surface area contributed by atoms with E-state index in [0.29, 0.717) is 29.1 Å². The molecule has 0 amide bonds. The van der Waals surface area contributed by atoms with Gasteiger partial charge < -0.3 is 10.2 Å². The van der Waals surface area contributed by atoms with Gasteiger partial charge in [-0.25, -0.2) is 0 Å². The number of carboxylic acid groups (broad SMARTS) is 1. The summed E-state index contributed by atoms with van der Waals surface area (Å²) < 4.78 is 0. The third-order valence-corrected chi connectivity index (χ3v) is 10.3. The zero-order chi connectivity index (χ0) is 19.4. The number of rotatable bonds is 4. The van der Waals surface area contributed by atoms with Crippen LogP contribution in [0.3, 0.4) is 0 Å². The molecule has 4 fully saturated rings. The van der Waals surface area contributed by atoms with Crippen molar-refractivity contribution in [2.24, 2.45) is 46.3 Å². The van der Waals surface area contributed by atoms with Crippen LogP contribution in [0.5, 0.6) is 0 Å². The number of hydrogen-bond donors (Lipinski definition) is 2. The molecule has 0 bridgehead atoms. The Balaban J connectivity index is 1.57. The lowest BCUT2D eigenvalue weighted by atomic mass is 9.44. The predicted octanol–water partition coefficient (Wildman–Crippen LogP) is 5.51. The summed E-state index contributed by atoms with van der Waals surface area (Å²) in [6.07, 6.45) is 12.6. The molecule has 0 spiro atoms. The van der Waals surface area contributed by atoms with Crippen LogP contribution in [0.1, 0.15) is 91.4 Å². The highest BCUT2D eigenvalue weighted by atomic mass is 16.4. The lowest BCUT2D eigenvalue weighted by molar-refractivity contribution is -0.168. The maximum Gasteiger partial charge on any atom is 0.303 e. The first-order valence-corrected chi connectivity index (χ1v) is 11.7. The Morgan fingerprint density at radius 3 is 2.59 bits per heavy atom.